The molecule has 0 aliphatic carbocycles. The summed E-state index contributed by atoms with van der Waals surface area (Å²) in [6, 6.07) is 0. The van der Waals surface area contributed by atoms with Gasteiger partial charge in [-0.15, -0.1) is 11.3 Å². The van der Waals surface area contributed by atoms with Crippen LogP contribution in [-0.2, 0) is 6.54 Å². The van der Waals surface area contributed by atoms with E-state index in [4.69, 9.17) is 5.11 Å². The zero-order valence-corrected chi connectivity index (χ0v) is 9.15. The molecule has 0 bridgehead atoms. The molecule has 1 rings (SSSR count). The molecule has 0 atom stereocenters. The van der Waals surface area contributed by atoms with Gasteiger partial charge in [-0.05, 0) is 19.9 Å². The Bertz CT molecular complexity index is 323. The van der Waals surface area contributed by atoms with E-state index in [1.807, 2.05) is 0 Å². The van der Waals surface area contributed by atoms with E-state index in [2.05, 4.69) is 17.2 Å². The SMILES string of the molecule is CCCNCc1nc(C(=O)O)c(C)s1. The van der Waals surface area contributed by atoms with E-state index in [-0.39, 0.29) is 5.69 Å². The fraction of sp³-hybridized carbons (Fsp3) is 0.556. The number of carboxylic acids is 1. The van der Waals surface area contributed by atoms with Gasteiger partial charge in [0.05, 0.1) is 0 Å². The fourth-order valence-corrected chi connectivity index (χ4v) is 1.99. The summed E-state index contributed by atoms with van der Waals surface area (Å²) in [5, 5.41) is 12.8. The van der Waals surface area contributed by atoms with E-state index in [0.717, 1.165) is 22.9 Å². The van der Waals surface area contributed by atoms with Crippen molar-refractivity contribution in [2.75, 3.05) is 6.54 Å². The molecule has 0 fully saturated rings. The van der Waals surface area contributed by atoms with Gasteiger partial charge in [0.15, 0.2) is 5.69 Å². The number of hydrogen-bond donors (Lipinski definition) is 2. The first-order chi connectivity index (χ1) is 6.65. The lowest BCUT2D eigenvalue weighted by molar-refractivity contribution is 0.0690. The minimum atomic E-state index is -0.944. The summed E-state index contributed by atoms with van der Waals surface area (Å²) in [5.74, 6) is -0.944. The molecule has 5 heteroatoms. The third kappa shape index (κ3) is 2.78. The number of nitrogens with one attached hydrogen (secondary N) is 1. The average Bonchev–Trinajstić information content (AvgIpc) is 2.47. The van der Waals surface area contributed by atoms with Crippen molar-refractivity contribution in [3.8, 4) is 0 Å². The van der Waals surface area contributed by atoms with Gasteiger partial charge >= 0.3 is 5.97 Å². The minimum Gasteiger partial charge on any atom is -0.476 e. The van der Waals surface area contributed by atoms with Crippen LogP contribution in [0.25, 0.3) is 0 Å². The Morgan fingerprint density at radius 2 is 2.36 bits per heavy atom. The Balaban J connectivity index is 2.62. The maximum Gasteiger partial charge on any atom is 0.355 e. The molecule has 0 unspecified atom stereocenters. The molecule has 0 saturated heterocycles. The molecule has 14 heavy (non-hydrogen) atoms. The second kappa shape index (κ2) is 5.07. The van der Waals surface area contributed by atoms with Gasteiger partial charge in [0.25, 0.3) is 0 Å². The lowest BCUT2D eigenvalue weighted by atomic mass is 10.4. The third-order valence-electron chi connectivity index (χ3n) is 1.75. The number of hydrogen-bond acceptors (Lipinski definition) is 4. The highest BCUT2D eigenvalue weighted by molar-refractivity contribution is 7.11. The highest BCUT2D eigenvalue weighted by Gasteiger charge is 2.13. The molecule has 1 heterocycles. The third-order valence-corrected chi connectivity index (χ3v) is 2.72. The predicted molar refractivity (Wildman–Crippen MR) is 55.8 cm³/mol. The first-order valence-electron chi connectivity index (χ1n) is 4.55. The molecular formula is C9H14N2O2S. The normalized spacial score (nSPS) is 10.4. The Hall–Kier alpha value is -0.940. The second-order valence-electron chi connectivity index (χ2n) is 2.99. The van der Waals surface area contributed by atoms with E-state index < -0.39 is 5.97 Å². The largest absolute Gasteiger partial charge is 0.476 e. The molecule has 1 aromatic heterocycles. The lowest BCUT2D eigenvalue weighted by Crippen LogP contribution is -2.13. The van der Waals surface area contributed by atoms with Gasteiger partial charge in [-0.25, -0.2) is 9.78 Å². The molecule has 2 N–H and O–H groups in total. The number of thiazole rings is 1. The van der Waals surface area contributed by atoms with Crippen LogP contribution in [0.4, 0.5) is 0 Å². The van der Waals surface area contributed by atoms with E-state index >= 15 is 0 Å². The highest BCUT2D eigenvalue weighted by Crippen LogP contribution is 2.17. The van der Waals surface area contributed by atoms with Crippen LogP contribution in [0, 0.1) is 6.92 Å². The number of rotatable bonds is 5. The van der Waals surface area contributed by atoms with Crippen LogP contribution in [0.15, 0.2) is 0 Å². The van der Waals surface area contributed by atoms with Crippen molar-refractivity contribution in [1.82, 2.24) is 10.3 Å². The zero-order chi connectivity index (χ0) is 10.6. The molecule has 4 nitrogen and oxygen atoms in total. The van der Waals surface area contributed by atoms with Crippen LogP contribution in [0.5, 0.6) is 0 Å². The number of carbonyl (C=O) groups is 1. The highest BCUT2D eigenvalue weighted by atomic mass is 32.1. The van der Waals surface area contributed by atoms with Crippen molar-refractivity contribution in [3.63, 3.8) is 0 Å². The summed E-state index contributed by atoms with van der Waals surface area (Å²) >= 11 is 1.44. The van der Waals surface area contributed by atoms with Crippen LogP contribution in [0.3, 0.4) is 0 Å². The van der Waals surface area contributed by atoms with Gasteiger partial charge in [-0.1, -0.05) is 6.92 Å². The van der Waals surface area contributed by atoms with E-state index in [0.29, 0.717) is 6.54 Å². The number of carboxylic acid groups (broad SMARTS) is 1. The van der Waals surface area contributed by atoms with Crippen LogP contribution in [0.1, 0.15) is 33.7 Å². The van der Waals surface area contributed by atoms with Crippen LogP contribution < -0.4 is 5.32 Å². The lowest BCUT2D eigenvalue weighted by Gasteiger charge is -1.97. The topological polar surface area (TPSA) is 62.2 Å². The van der Waals surface area contributed by atoms with Crippen molar-refractivity contribution in [1.29, 1.82) is 0 Å². The van der Waals surface area contributed by atoms with Crippen molar-refractivity contribution in [2.45, 2.75) is 26.8 Å². The smallest absolute Gasteiger partial charge is 0.355 e. The van der Waals surface area contributed by atoms with Gasteiger partial charge in [0, 0.05) is 11.4 Å². The van der Waals surface area contributed by atoms with Gasteiger partial charge in [-0.2, -0.15) is 0 Å². The van der Waals surface area contributed by atoms with Crippen LogP contribution in [0.2, 0.25) is 0 Å². The Morgan fingerprint density at radius 1 is 1.64 bits per heavy atom. The number of aromatic nitrogens is 1. The molecule has 0 aliphatic rings. The van der Waals surface area contributed by atoms with E-state index in [1.165, 1.54) is 11.3 Å². The monoisotopic (exact) mass is 214 g/mol. The van der Waals surface area contributed by atoms with Gasteiger partial charge < -0.3 is 10.4 Å². The molecule has 0 aromatic carbocycles. The standard InChI is InChI=1S/C9H14N2O2S/c1-3-4-10-5-7-11-8(9(12)13)6(2)14-7/h10H,3-5H2,1-2H3,(H,12,13). The van der Waals surface area contributed by atoms with Crippen LogP contribution in [-0.4, -0.2) is 22.6 Å². The first-order valence-corrected chi connectivity index (χ1v) is 5.37. The summed E-state index contributed by atoms with van der Waals surface area (Å²) < 4.78 is 0. The predicted octanol–water partition coefficient (Wildman–Crippen LogP) is 1.65. The fourth-order valence-electron chi connectivity index (χ4n) is 1.10. The Kier molecular flexibility index (Phi) is 4.03. The number of aryl methyl sites for hydroxylation is 1. The van der Waals surface area contributed by atoms with Crippen LogP contribution >= 0.6 is 11.3 Å². The summed E-state index contributed by atoms with van der Waals surface area (Å²) in [5.41, 5.74) is 0.184. The molecular weight excluding hydrogens is 200 g/mol. The maximum atomic E-state index is 10.7. The molecule has 0 saturated carbocycles. The van der Waals surface area contributed by atoms with Crippen molar-refractivity contribution >= 4 is 17.3 Å². The summed E-state index contributed by atoms with van der Waals surface area (Å²) in [7, 11) is 0. The van der Waals surface area contributed by atoms with E-state index in [1.54, 1.807) is 6.92 Å². The Morgan fingerprint density at radius 3 is 2.86 bits per heavy atom. The van der Waals surface area contributed by atoms with Crippen molar-refractivity contribution < 1.29 is 9.90 Å². The molecule has 0 spiro atoms. The van der Waals surface area contributed by atoms with Gasteiger partial charge in [0.1, 0.15) is 5.01 Å². The average molecular weight is 214 g/mol. The molecule has 78 valence electrons. The molecule has 1 aromatic rings. The van der Waals surface area contributed by atoms with Crippen molar-refractivity contribution in [2.24, 2.45) is 0 Å². The Labute approximate surface area is 87.0 Å². The van der Waals surface area contributed by atoms with Gasteiger partial charge in [0.2, 0.25) is 0 Å². The summed E-state index contributed by atoms with van der Waals surface area (Å²) in [4.78, 5) is 15.5. The maximum absolute atomic E-state index is 10.7. The van der Waals surface area contributed by atoms with Crippen molar-refractivity contribution in [3.05, 3.63) is 15.6 Å². The molecule has 0 aliphatic heterocycles. The number of nitrogens with zero attached hydrogens (tertiary/aromatic N) is 1. The minimum absolute atomic E-state index is 0.184. The second-order valence-corrected chi connectivity index (χ2v) is 4.28. The van der Waals surface area contributed by atoms with Gasteiger partial charge in [-0.3, -0.25) is 0 Å². The first kappa shape index (κ1) is 11.1. The molecule has 0 radical (unpaired) electrons. The zero-order valence-electron chi connectivity index (χ0n) is 8.33. The summed E-state index contributed by atoms with van der Waals surface area (Å²) in [6.45, 7) is 5.46. The quantitative estimate of drug-likeness (QED) is 0.732. The number of aromatic carboxylic acids is 1. The summed E-state index contributed by atoms with van der Waals surface area (Å²) in [6.07, 6.45) is 1.07. The molecule has 0 amide bonds. The van der Waals surface area contributed by atoms with E-state index in [9.17, 15) is 4.79 Å².